The Bertz CT molecular complexity index is 555. The summed E-state index contributed by atoms with van der Waals surface area (Å²) in [6, 6.07) is 2.15. The molecule has 0 amide bonds. The van der Waals surface area contributed by atoms with Crippen LogP contribution < -0.4 is 10.0 Å². The van der Waals surface area contributed by atoms with Crippen molar-refractivity contribution in [2.45, 2.75) is 64.8 Å². The van der Waals surface area contributed by atoms with Crippen LogP contribution in [0.3, 0.4) is 0 Å². The van der Waals surface area contributed by atoms with Gasteiger partial charge in [0.1, 0.15) is 4.21 Å². The first-order valence-corrected chi connectivity index (χ1v) is 9.63. The molecule has 1 aromatic rings. The number of aryl methyl sites for hydroxylation is 1. The van der Waals surface area contributed by atoms with Crippen LogP contribution in [0.25, 0.3) is 0 Å². The van der Waals surface area contributed by atoms with Crippen molar-refractivity contribution in [3.8, 4) is 0 Å². The van der Waals surface area contributed by atoms with Gasteiger partial charge in [0.2, 0.25) is 10.0 Å². The van der Waals surface area contributed by atoms with Gasteiger partial charge in [-0.25, -0.2) is 13.1 Å². The molecule has 0 aliphatic heterocycles. The minimum atomic E-state index is -3.38. The van der Waals surface area contributed by atoms with E-state index in [0.717, 1.165) is 16.9 Å². The van der Waals surface area contributed by atoms with Crippen molar-refractivity contribution in [2.24, 2.45) is 5.41 Å². The SMILES string of the molecule is Cc1cc(S(=O)(=O)NCCC(C)(C)C)sc1CNC(C)C. The van der Waals surface area contributed by atoms with E-state index in [1.54, 1.807) is 6.07 Å². The lowest BCUT2D eigenvalue weighted by molar-refractivity contribution is 0.378. The van der Waals surface area contributed by atoms with Crippen LogP contribution >= 0.6 is 11.3 Å². The molecule has 0 unspecified atom stereocenters. The Morgan fingerprint density at radius 3 is 2.43 bits per heavy atom. The molecule has 0 saturated heterocycles. The molecule has 0 aliphatic rings. The molecule has 0 aliphatic carbocycles. The van der Waals surface area contributed by atoms with Crippen molar-refractivity contribution in [3.05, 3.63) is 16.5 Å². The zero-order valence-corrected chi connectivity index (χ0v) is 15.5. The smallest absolute Gasteiger partial charge is 0.250 e. The van der Waals surface area contributed by atoms with Crippen molar-refractivity contribution in [1.29, 1.82) is 0 Å². The van der Waals surface area contributed by atoms with Gasteiger partial charge < -0.3 is 5.32 Å². The van der Waals surface area contributed by atoms with Gasteiger partial charge in [-0.1, -0.05) is 34.6 Å². The van der Waals surface area contributed by atoms with Gasteiger partial charge in [-0.05, 0) is 30.4 Å². The topological polar surface area (TPSA) is 58.2 Å². The molecule has 0 fully saturated rings. The molecule has 0 spiro atoms. The standard InChI is InChI=1S/C15H28N2O2S2/c1-11(2)16-10-13-12(3)9-14(20-13)21(18,19)17-8-7-15(4,5)6/h9,11,16-17H,7-8,10H2,1-6H3. The first kappa shape index (κ1) is 18.6. The second-order valence-electron chi connectivity index (χ2n) is 6.92. The second-order valence-corrected chi connectivity index (χ2v) is 10.0. The normalized spacial score (nSPS) is 13.1. The maximum atomic E-state index is 12.3. The largest absolute Gasteiger partial charge is 0.310 e. The number of hydrogen-bond acceptors (Lipinski definition) is 4. The van der Waals surface area contributed by atoms with E-state index in [2.05, 4.69) is 44.7 Å². The van der Waals surface area contributed by atoms with Gasteiger partial charge in [0.05, 0.1) is 0 Å². The summed E-state index contributed by atoms with van der Waals surface area (Å²) in [5, 5.41) is 3.33. The average molecular weight is 333 g/mol. The molecule has 2 N–H and O–H groups in total. The molecule has 0 bridgehead atoms. The second kappa shape index (κ2) is 7.22. The summed E-state index contributed by atoms with van der Waals surface area (Å²) in [6.07, 6.45) is 0.818. The van der Waals surface area contributed by atoms with E-state index in [4.69, 9.17) is 0 Å². The Balaban J connectivity index is 2.73. The highest BCUT2D eigenvalue weighted by molar-refractivity contribution is 7.91. The van der Waals surface area contributed by atoms with Gasteiger partial charge in [0.25, 0.3) is 0 Å². The predicted molar refractivity (Wildman–Crippen MR) is 90.3 cm³/mol. The van der Waals surface area contributed by atoms with E-state index in [1.807, 2.05) is 6.92 Å². The molecule has 0 saturated carbocycles. The molecule has 4 nitrogen and oxygen atoms in total. The van der Waals surface area contributed by atoms with Crippen molar-refractivity contribution >= 4 is 21.4 Å². The maximum Gasteiger partial charge on any atom is 0.250 e. The third kappa shape index (κ3) is 6.46. The summed E-state index contributed by atoms with van der Waals surface area (Å²) in [4.78, 5) is 1.08. The summed E-state index contributed by atoms with van der Waals surface area (Å²) in [7, 11) is -3.38. The van der Waals surface area contributed by atoms with E-state index < -0.39 is 10.0 Å². The number of thiophene rings is 1. The van der Waals surface area contributed by atoms with Gasteiger partial charge in [-0.15, -0.1) is 11.3 Å². The fraction of sp³-hybridized carbons (Fsp3) is 0.733. The van der Waals surface area contributed by atoms with Gasteiger partial charge in [-0.2, -0.15) is 0 Å². The van der Waals surface area contributed by atoms with Crippen LogP contribution in [0.5, 0.6) is 0 Å². The lowest BCUT2D eigenvalue weighted by Gasteiger charge is -2.17. The van der Waals surface area contributed by atoms with Crippen molar-refractivity contribution in [3.63, 3.8) is 0 Å². The zero-order chi connectivity index (χ0) is 16.3. The molecule has 21 heavy (non-hydrogen) atoms. The van der Waals surface area contributed by atoms with E-state index in [9.17, 15) is 8.42 Å². The molecular formula is C15H28N2O2S2. The first-order valence-electron chi connectivity index (χ1n) is 7.33. The van der Waals surface area contributed by atoms with E-state index in [0.29, 0.717) is 23.3 Å². The highest BCUT2D eigenvalue weighted by Crippen LogP contribution is 2.26. The first-order chi connectivity index (χ1) is 9.51. The molecular weight excluding hydrogens is 304 g/mol. The van der Waals surface area contributed by atoms with Crippen LogP contribution in [0.15, 0.2) is 10.3 Å². The fourth-order valence-electron chi connectivity index (χ4n) is 1.72. The zero-order valence-electron chi connectivity index (χ0n) is 13.9. The summed E-state index contributed by atoms with van der Waals surface area (Å²) < 4.78 is 27.7. The molecule has 0 aromatic carbocycles. The summed E-state index contributed by atoms with van der Waals surface area (Å²) in [5.41, 5.74) is 1.16. The summed E-state index contributed by atoms with van der Waals surface area (Å²) in [5.74, 6) is 0. The molecule has 1 rings (SSSR count). The average Bonchev–Trinajstić information content (AvgIpc) is 2.66. The molecule has 1 aromatic heterocycles. The van der Waals surface area contributed by atoms with Gasteiger partial charge >= 0.3 is 0 Å². The summed E-state index contributed by atoms with van der Waals surface area (Å²) in [6.45, 7) is 13.6. The van der Waals surface area contributed by atoms with E-state index in [-0.39, 0.29) is 5.41 Å². The van der Waals surface area contributed by atoms with Crippen LogP contribution in [-0.2, 0) is 16.6 Å². The predicted octanol–water partition coefficient (Wildman–Crippen LogP) is 3.27. The highest BCUT2D eigenvalue weighted by atomic mass is 32.2. The van der Waals surface area contributed by atoms with Gasteiger partial charge in [0.15, 0.2) is 0 Å². The number of sulfonamides is 1. The molecule has 6 heteroatoms. The number of hydrogen-bond donors (Lipinski definition) is 2. The summed E-state index contributed by atoms with van der Waals surface area (Å²) >= 11 is 1.35. The lowest BCUT2D eigenvalue weighted by atomic mass is 9.93. The Hall–Kier alpha value is -0.430. The lowest BCUT2D eigenvalue weighted by Crippen LogP contribution is -2.26. The van der Waals surface area contributed by atoms with Gasteiger partial charge in [-0.3, -0.25) is 0 Å². The van der Waals surface area contributed by atoms with Crippen LogP contribution in [0, 0.1) is 12.3 Å². The highest BCUT2D eigenvalue weighted by Gasteiger charge is 2.20. The van der Waals surface area contributed by atoms with Crippen LogP contribution in [0.2, 0.25) is 0 Å². The number of rotatable bonds is 7. The van der Waals surface area contributed by atoms with Crippen LogP contribution in [-0.4, -0.2) is 21.0 Å². The van der Waals surface area contributed by atoms with Crippen LogP contribution in [0.4, 0.5) is 0 Å². The van der Waals surface area contributed by atoms with E-state index >= 15 is 0 Å². The Kier molecular flexibility index (Phi) is 6.40. The minimum Gasteiger partial charge on any atom is -0.310 e. The number of nitrogens with one attached hydrogen (secondary N) is 2. The van der Waals surface area contributed by atoms with Gasteiger partial charge in [0, 0.05) is 24.0 Å². The van der Waals surface area contributed by atoms with E-state index in [1.165, 1.54) is 11.3 Å². The van der Waals surface area contributed by atoms with Crippen molar-refractivity contribution in [2.75, 3.05) is 6.54 Å². The maximum absolute atomic E-state index is 12.3. The monoisotopic (exact) mass is 332 g/mol. The quantitative estimate of drug-likeness (QED) is 0.806. The molecule has 0 radical (unpaired) electrons. The molecule has 1 heterocycles. The third-order valence-electron chi connectivity index (χ3n) is 3.10. The minimum absolute atomic E-state index is 0.125. The third-order valence-corrected chi connectivity index (χ3v) is 6.27. The Morgan fingerprint density at radius 2 is 1.90 bits per heavy atom. The van der Waals surface area contributed by atoms with Crippen molar-refractivity contribution in [1.82, 2.24) is 10.0 Å². The Labute approximate surface area is 133 Å². The molecule has 122 valence electrons. The molecule has 0 atom stereocenters. The van der Waals surface area contributed by atoms with Crippen molar-refractivity contribution < 1.29 is 8.42 Å². The Morgan fingerprint density at radius 1 is 1.29 bits per heavy atom. The fourth-order valence-corrected chi connectivity index (χ4v) is 4.34. The van der Waals surface area contributed by atoms with Crippen LogP contribution in [0.1, 0.15) is 51.5 Å².